The van der Waals surface area contributed by atoms with E-state index in [4.69, 9.17) is 4.74 Å². The summed E-state index contributed by atoms with van der Waals surface area (Å²) >= 11 is 6.94. The fourth-order valence-electron chi connectivity index (χ4n) is 1.68. The van der Waals surface area contributed by atoms with E-state index >= 15 is 0 Å². The number of hydrogen-bond acceptors (Lipinski definition) is 3. The summed E-state index contributed by atoms with van der Waals surface area (Å²) in [5.74, 6) is 1.53. The summed E-state index contributed by atoms with van der Waals surface area (Å²) in [6.45, 7) is 7.15. The van der Waals surface area contributed by atoms with Crippen LogP contribution in [0.4, 0.5) is 0 Å². The van der Waals surface area contributed by atoms with E-state index in [0.717, 1.165) is 32.6 Å². The molecule has 0 aliphatic carbocycles. The zero-order valence-electron chi connectivity index (χ0n) is 12.3. The molecule has 0 aliphatic rings. The highest BCUT2D eigenvalue weighted by molar-refractivity contribution is 9.11. The van der Waals surface area contributed by atoms with Crippen molar-refractivity contribution in [3.05, 3.63) is 51.2 Å². The van der Waals surface area contributed by atoms with E-state index in [0.29, 0.717) is 0 Å². The highest BCUT2D eigenvalue weighted by Gasteiger charge is 2.12. The molecule has 21 heavy (non-hydrogen) atoms. The Balaban J connectivity index is 2.20. The molecule has 0 radical (unpaired) electrons. The smallest absolute Gasteiger partial charge is 0.150 e. The van der Waals surface area contributed by atoms with Crippen LogP contribution in [0.15, 0.2) is 45.6 Å². The van der Waals surface area contributed by atoms with E-state index in [1.807, 2.05) is 24.3 Å². The van der Waals surface area contributed by atoms with Gasteiger partial charge in [-0.1, -0.05) is 15.9 Å². The van der Waals surface area contributed by atoms with Gasteiger partial charge in [-0.3, -0.25) is 4.98 Å². The average molecular weight is 414 g/mol. The maximum atomic E-state index is 5.99. The molecule has 0 unspecified atom stereocenters. The number of benzene rings is 1. The standard InChI is InChI=1S/C16H18Br2N2O/c1-16(2,3)20-9-11-6-7-19-10-15(11)21-14-5-4-12(17)8-13(14)18/h4-8,10,20H,9H2,1-3H3. The molecular formula is C16H18Br2N2O. The quantitative estimate of drug-likeness (QED) is 0.739. The van der Waals surface area contributed by atoms with Crippen molar-refractivity contribution in [1.82, 2.24) is 10.3 Å². The Morgan fingerprint density at radius 3 is 2.57 bits per heavy atom. The fraction of sp³-hybridized carbons (Fsp3) is 0.312. The molecule has 1 aromatic heterocycles. The van der Waals surface area contributed by atoms with Crippen molar-refractivity contribution in [2.45, 2.75) is 32.9 Å². The van der Waals surface area contributed by atoms with Crippen LogP contribution in [0.25, 0.3) is 0 Å². The van der Waals surface area contributed by atoms with E-state index in [9.17, 15) is 0 Å². The second-order valence-corrected chi connectivity index (χ2v) is 7.53. The van der Waals surface area contributed by atoms with Crippen LogP contribution >= 0.6 is 31.9 Å². The van der Waals surface area contributed by atoms with Crippen LogP contribution in [0.1, 0.15) is 26.3 Å². The first kappa shape index (κ1) is 16.5. The van der Waals surface area contributed by atoms with Gasteiger partial charge in [0.05, 0.1) is 10.7 Å². The summed E-state index contributed by atoms with van der Waals surface area (Å²) < 4.78 is 7.89. The van der Waals surface area contributed by atoms with Gasteiger partial charge in [-0.15, -0.1) is 0 Å². The Kier molecular flexibility index (Phi) is 5.41. The zero-order chi connectivity index (χ0) is 15.5. The van der Waals surface area contributed by atoms with Crippen molar-refractivity contribution in [2.24, 2.45) is 0 Å². The molecule has 0 atom stereocenters. The number of aromatic nitrogens is 1. The molecule has 0 saturated heterocycles. The SMILES string of the molecule is CC(C)(C)NCc1ccncc1Oc1ccc(Br)cc1Br. The molecule has 0 spiro atoms. The van der Waals surface area contributed by atoms with Crippen LogP contribution in [0.5, 0.6) is 11.5 Å². The van der Waals surface area contributed by atoms with Crippen molar-refractivity contribution in [2.75, 3.05) is 0 Å². The Hall–Kier alpha value is -0.910. The molecule has 0 aliphatic heterocycles. The minimum absolute atomic E-state index is 0.0543. The molecule has 112 valence electrons. The van der Waals surface area contributed by atoms with Crippen LogP contribution in [-0.2, 0) is 6.54 Å². The maximum Gasteiger partial charge on any atom is 0.150 e. The van der Waals surface area contributed by atoms with Gasteiger partial charge in [-0.05, 0) is 61.0 Å². The van der Waals surface area contributed by atoms with E-state index in [-0.39, 0.29) is 5.54 Å². The van der Waals surface area contributed by atoms with Gasteiger partial charge in [0.25, 0.3) is 0 Å². The fourth-order valence-corrected chi connectivity index (χ4v) is 2.81. The molecule has 2 aromatic rings. The second-order valence-electron chi connectivity index (χ2n) is 5.76. The van der Waals surface area contributed by atoms with Gasteiger partial charge in [0.15, 0.2) is 0 Å². The highest BCUT2D eigenvalue weighted by atomic mass is 79.9. The first-order chi connectivity index (χ1) is 9.85. The molecule has 5 heteroatoms. The molecule has 0 bridgehead atoms. The number of halogens is 2. The third kappa shape index (κ3) is 5.09. The molecule has 0 saturated carbocycles. The van der Waals surface area contributed by atoms with E-state index in [1.54, 1.807) is 12.4 Å². The normalized spacial score (nSPS) is 11.5. The summed E-state index contributed by atoms with van der Waals surface area (Å²) in [6.07, 6.45) is 3.53. The topological polar surface area (TPSA) is 34.2 Å². The van der Waals surface area contributed by atoms with Gasteiger partial charge >= 0.3 is 0 Å². The lowest BCUT2D eigenvalue weighted by atomic mass is 10.1. The molecule has 1 N–H and O–H groups in total. The van der Waals surface area contributed by atoms with Crippen LogP contribution in [-0.4, -0.2) is 10.5 Å². The summed E-state index contributed by atoms with van der Waals surface area (Å²) in [5.41, 5.74) is 1.13. The predicted molar refractivity (Wildman–Crippen MR) is 92.7 cm³/mol. The van der Waals surface area contributed by atoms with E-state index < -0.39 is 0 Å². The summed E-state index contributed by atoms with van der Waals surface area (Å²) in [7, 11) is 0. The van der Waals surface area contributed by atoms with Gasteiger partial charge in [0, 0.05) is 28.3 Å². The van der Waals surface area contributed by atoms with Crippen LogP contribution in [0.3, 0.4) is 0 Å². The zero-order valence-corrected chi connectivity index (χ0v) is 15.5. The summed E-state index contributed by atoms with van der Waals surface area (Å²) in [6, 6.07) is 7.80. The van der Waals surface area contributed by atoms with Gasteiger partial charge in [0.1, 0.15) is 11.5 Å². The lowest BCUT2D eigenvalue weighted by molar-refractivity contribution is 0.413. The third-order valence-corrected chi connectivity index (χ3v) is 3.91. The first-order valence-electron chi connectivity index (χ1n) is 6.66. The van der Waals surface area contributed by atoms with Crippen molar-refractivity contribution in [3.63, 3.8) is 0 Å². The Labute approximate surface area is 142 Å². The van der Waals surface area contributed by atoms with Crippen LogP contribution in [0.2, 0.25) is 0 Å². The van der Waals surface area contributed by atoms with Gasteiger partial charge in [-0.2, -0.15) is 0 Å². The lowest BCUT2D eigenvalue weighted by Crippen LogP contribution is -2.35. The number of rotatable bonds is 4. The largest absolute Gasteiger partial charge is 0.454 e. The molecule has 2 rings (SSSR count). The number of hydrogen-bond donors (Lipinski definition) is 1. The summed E-state index contributed by atoms with van der Waals surface area (Å²) in [4.78, 5) is 4.16. The molecule has 3 nitrogen and oxygen atoms in total. The highest BCUT2D eigenvalue weighted by Crippen LogP contribution is 2.33. The van der Waals surface area contributed by atoms with E-state index in [2.05, 4.69) is 62.9 Å². The minimum atomic E-state index is 0.0543. The van der Waals surface area contributed by atoms with Crippen molar-refractivity contribution in [3.8, 4) is 11.5 Å². The minimum Gasteiger partial charge on any atom is -0.454 e. The maximum absolute atomic E-state index is 5.99. The average Bonchev–Trinajstić information content (AvgIpc) is 2.40. The molecule has 0 amide bonds. The predicted octanol–water partition coefficient (Wildman–Crippen LogP) is 5.29. The number of nitrogens with one attached hydrogen (secondary N) is 1. The molecule has 1 heterocycles. The van der Waals surface area contributed by atoms with Crippen LogP contribution < -0.4 is 10.1 Å². The van der Waals surface area contributed by atoms with Crippen LogP contribution in [0, 0.1) is 0 Å². The summed E-state index contributed by atoms with van der Waals surface area (Å²) in [5, 5.41) is 3.46. The Bertz CT molecular complexity index is 624. The first-order valence-corrected chi connectivity index (χ1v) is 8.24. The molecular weight excluding hydrogens is 396 g/mol. The van der Waals surface area contributed by atoms with E-state index in [1.165, 1.54) is 0 Å². The van der Waals surface area contributed by atoms with Gasteiger partial charge in [0.2, 0.25) is 0 Å². The van der Waals surface area contributed by atoms with Gasteiger partial charge in [-0.25, -0.2) is 0 Å². The number of pyridine rings is 1. The molecule has 0 fully saturated rings. The number of ether oxygens (including phenoxy) is 1. The monoisotopic (exact) mass is 412 g/mol. The molecule has 1 aromatic carbocycles. The Morgan fingerprint density at radius 1 is 1.14 bits per heavy atom. The van der Waals surface area contributed by atoms with Crippen molar-refractivity contribution < 1.29 is 4.74 Å². The number of nitrogens with zero attached hydrogens (tertiary/aromatic N) is 1. The second kappa shape index (κ2) is 6.90. The Morgan fingerprint density at radius 2 is 1.90 bits per heavy atom. The third-order valence-electron chi connectivity index (χ3n) is 2.79. The lowest BCUT2D eigenvalue weighted by Gasteiger charge is -2.21. The van der Waals surface area contributed by atoms with Gasteiger partial charge < -0.3 is 10.1 Å². The van der Waals surface area contributed by atoms with Crippen molar-refractivity contribution in [1.29, 1.82) is 0 Å². The van der Waals surface area contributed by atoms with Crippen molar-refractivity contribution >= 4 is 31.9 Å².